The van der Waals surface area contributed by atoms with Crippen LogP contribution in [0.1, 0.15) is 34.1 Å². The molecule has 0 rings (SSSR count). The highest BCUT2D eigenvalue weighted by Gasteiger charge is 2.24. The van der Waals surface area contributed by atoms with Gasteiger partial charge in [-0.25, -0.2) is 14.4 Å². The van der Waals surface area contributed by atoms with Crippen LogP contribution in [0.5, 0.6) is 0 Å². The van der Waals surface area contributed by atoms with Crippen LogP contribution in [-0.2, 0) is 28.6 Å². The molecule has 1 N–H and O–H groups in total. The Morgan fingerprint density at radius 2 is 1.85 bits per heavy atom. The lowest BCUT2D eigenvalue weighted by atomic mass is 10.2. The lowest BCUT2D eigenvalue weighted by Crippen LogP contribution is -2.44. The molecule has 0 aromatic heterocycles. The van der Waals surface area contributed by atoms with Crippen molar-refractivity contribution in [1.29, 1.82) is 0 Å². The molecule has 11 heteroatoms. The van der Waals surface area contributed by atoms with E-state index in [1.54, 1.807) is 27.7 Å². The Morgan fingerprint density at radius 3 is 2.38 bits per heavy atom. The number of hydrogen-bond donors (Lipinski definition) is 1. The van der Waals surface area contributed by atoms with E-state index in [2.05, 4.69) is 14.9 Å². The van der Waals surface area contributed by atoms with E-state index >= 15 is 0 Å². The minimum atomic E-state index is -1.11. The summed E-state index contributed by atoms with van der Waals surface area (Å²) in [4.78, 5) is 48.5. The maximum atomic E-state index is 11.9. The molecule has 1 unspecified atom stereocenters. The largest absolute Gasteiger partial charge is 0.464 e. The van der Waals surface area contributed by atoms with Gasteiger partial charge in [-0.05, 0) is 34.1 Å². The van der Waals surface area contributed by atoms with Crippen molar-refractivity contribution in [3.63, 3.8) is 0 Å². The summed E-state index contributed by atoms with van der Waals surface area (Å²) >= 11 is 0. The van der Waals surface area contributed by atoms with Gasteiger partial charge in [0.15, 0.2) is 6.61 Å². The standard InChI is InChI=1S/C15H24N2O9/c1-5-23-13(19)11(16-14(20)26-15(2,3)4)8-6-7-9-24-12(18)10-25-17(21)22/h6-7,11H,5,8-10H2,1-4H3,(H,16,20)/b7-6-. The molecule has 0 aliphatic heterocycles. The van der Waals surface area contributed by atoms with Gasteiger partial charge in [-0.2, -0.15) is 0 Å². The highest BCUT2D eigenvalue weighted by molar-refractivity contribution is 5.81. The van der Waals surface area contributed by atoms with Crippen molar-refractivity contribution in [3.05, 3.63) is 22.3 Å². The number of nitrogens with zero attached hydrogens (tertiary/aromatic N) is 1. The number of alkyl carbamates (subject to hydrolysis) is 1. The van der Waals surface area contributed by atoms with Crippen LogP contribution in [0, 0.1) is 10.1 Å². The average Bonchev–Trinajstić information content (AvgIpc) is 2.49. The van der Waals surface area contributed by atoms with Gasteiger partial charge >= 0.3 is 18.0 Å². The summed E-state index contributed by atoms with van der Waals surface area (Å²) in [7, 11) is 0. The van der Waals surface area contributed by atoms with Gasteiger partial charge in [0, 0.05) is 0 Å². The first kappa shape index (κ1) is 23.1. The first-order chi connectivity index (χ1) is 12.0. The average molecular weight is 376 g/mol. The van der Waals surface area contributed by atoms with Gasteiger partial charge < -0.3 is 24.4 Å². The van der Waals surface area contributed by atoms with E-state index in [4.69, 9.17) is 9.47 Å². The van der Waals surface area contributed by atoms with Gasteiger partial charge in [-0.1, -0.05) is 12.2 Å². The van der Waals surface area contributed by atoms with Crippen molar-refractivity contribution in [2.75, 3.05) is 19.8 Å². The Bertz CT molecular complexity index is 526. The second-order valence-corrected chi connectivity index (χ2v) is 5.84. The highest BCUT2D eigenvalue weighted by Crippen LogP contribution is 2.08. The summed E-state index contributed by atoms with van der Waals surface area (Å²) in [6.07, 6.45) is 2.20. The molecule has 0 radical (unpaired) electrons. The quantitative estimate of drug-likeness (QED) is 0.195. The Morgan fingerprint density at radius 1 is 1.19 bits per heavy atom. The molecule has 26 heavy (non-hydrogen) atoms. The van der Waals surface area contributed by atoms with Gasteiger partial charge in [0.2, 0.25) is 0 Å². The van der Waals surface area contributed by atoms with Gasteiger partial charge in [-0.15, -0.1) is 10.1 Å². The van der Waals surface area contributed by atoms with Gasteiger partial charge in [0.05, 0.1) is 6.61 Å². The molecule has 1 atom stereocenters. The molecular weight excluding hydrogens is 352 g/mol. The van der Waals surface area contributed by atoms with Crippen molar-refractivity contribution in [2.24, 2.45) is 0 Å². The summed E-state index contributed by atoms with van der Waals surface area (Å²) in [6.45, 7) is 5.83. The zero-order valence-corrected chi connectivity index (χ0v) is 15.2. The third-order valence-corrected chi connectivity index (χ3v) is 2.43. The third kappa shape index (κ3) is 12.6. The topological polar surface area (TPSA) is 143 Å². The Balaban J connectivity index is 4.46. The molecule has 11 nitrogen and oxygen atoms in total. The first-order valence-electron chi connectivity index (χ1n) is 7.79. The number of carbonyl (C=O) groups is 3. The summed E-state index contributed by atoms with van der Waals surface area (Å²) in [5.41, 5.74) is -0.723. The van der Waals surface area contributed by atoms with E-state index in [9.17, 15) is 24.5 Å². The molecular formula is C15H24N2O9. The Kier molecular flexibility index (Phi) is 10.4. The van der Waals surface area contributed by atoms with Crippen molar-refractivity contribution in [3.8, 4) is 0 Å². The van der Waals surface area contributed by atoms with Crippen LogP contribution in [0.25, 0.3) is 0 Å². The number of nitrogens with one attached hydrogen (secondary N) is 1. The SMILES string of the molecule is CCOC(=O)C(C/C=C\COC(=O)CO[N+](=O)[O-])NC(=O)OC(C)(C)C. The highest BCUT2D eigenvalue weighted by atomic mass is 17.0. The molecule has 0 aromatic rings. The number of amides is 1. The van der Waals surface area contributed by atoms with Crippen LogP contribution in [0.3, 0.4) is 0 Å². The van der Waals surface area contributed by atoms with Crippen molar-refractivity contribution in [1.82, 2.24) is 5.32 Å². The molecule has 0 fully saturated rings. The molecule has 0 heterocycles. The maximum absolute atomic E-state index is 11.9. The van der Waals surface area contributed by atoms with Crippen LogP contribution in [0.4, 0.5) is 4.79 Å². The van der Waals surface area contributed by atoms with Crippen molar-refractivity contribution in [2.45, 2.75) is 45.8 Å². The lowest BCUT2D eigenvalue weighted by Gasteiger charge is -2.22. The second kappa shape index (κ2) is 11.7. The van der Waals surface area contributed by atoms with E-state index in [-0.39, 0.29) is 19.6 Å². The summed E-state index contributed by atoms with van der Waals surface area (Å²) in [5, 5.41) is 11.2. The van der Waals surface area contributed by atoms with E-state index in [0.717, 1.165) is 0 Å². The number of hydrogen-bond acceptors (Lipinski definition) is 9. The Labute approximate surface area is 150 Å². The minimum absolute atomic E-state index is 0.0705. The zero-order chi connectivity index (χ0) is 20.2. The van der Waals surface area contributed by atoms with E-state index < -0.39 is 41.4 Å². The fourth-order valence-electron chi connectivity index (χ4n) is 1.50. The van der Waals surface area contributed by atoms with E-state index in [1.165, 1.54) is 12.2 Å². The van der Waals surface area contributed by atoms with Gasteiger partial charge in [0.1, 0.15) is 18.2 Å². The predicted molar refractivity (Wildman–Crippen MR) is 87.5 cm³/mol. The summed E-state index contributed by atoms with van der Waals surface area (Å²) < 4.78 is 14.6. The molecule has 0 bridgehead atoms. The van der Waals surface area contributed by atoms with Crippen LogP contribution in [0.2, 0.25) is 0 Å². The fraction of sp³-hybridized carbons (Fsp3) is 0.667. The van der Waals surface area contributed by atoms with Gasteiger partial charge in [-0.3, -0.25) is 0 Å². The predicted octanol–water partition coefficient (Wildman–Crippen LogP) is 1.14. The minimum Gasteiger partial charge on any atom is -0.464 e. The number of esters is 2. The lowest BCUT2D eigenvalue weighted by molar-refractivity contribution is -0.754. The molecule has 148 valence electrons. The normalized spacial score (nSPS) is 12.2. The van der Waals surface area contributed by atoms with Gasteiger partial charge in [0.25, 0.3) is 5.09 Å². The number of carbonyl (C=O) groups excluding carboxylic acids is 3. The molecule has 0 spiro atoms. The monoisotopic (exact) mass is 376 g/mol. The smallest absolute Gasteiger partial charge is 0.408 e. The van der Waals surface area contributed by atoms with E-state index in [0.29, 0.717) is 0 Å². The molecule has 0 aromatic carbocycles. The van der Waals surface area contributed by atoms with Crippen molar-refractivity contribution >= 4 is 18.0 Å². The van der Waals surface area contributed by atoms with Crippen LogP contribution in [-0.4, -0.2) is 54.6 Å². The maximum Gasteiger partial charge on any atom is 0.408 e. The van der Waals surface area contributed by atoms with E-state index in [1.807, 2.05) is 0 Å². The number of ether oxygens (including phenoxy) is 3. The second-order valence-electron chi connectivity index (χ2n) is 5.84. The fourth-order valence-corrected chi connectivity index (χ4v) is 1.50. The molecule has 0 saturated heterocycles. The Hall–Kier alpha value is -2.85. The summed E-state index contributed by atoms with van der Waals surface area (Å²) in [5.74, 6) is -1.56. The van der Waals surface area contributed by atoms with Crippen LogP contribution < -0.4 is 5.32 Å². The molecule has 0 aliphatic rings. The third-order valence-electron chi connectivity index (χ3n) is 2.43. The first-order valence-corrected chi connectivity index (χ1v) is 7.79. The molecule has 0 aliphatic carbocycles. The van der Waals surface area contributed by atoms with Crippen LogP contribution >= 0.6 is 0 Å². The number of rotatable bonds is 10. The van der Waals surface area contributed by atoms with Crippen molar-refractivity contribution < 1.29 is 38.5 Å². The summed E-state index contributed by atoms with van der Waals surface area (Å²) in [6, 6.07) is -0.977. The molecule has 0 saturated carbocycles. The molecule has 1 amide bonds. The van der Waals surface area contributed by atoms with Crippen LogP contribution in [0.15, 0.2) is 12.2 Å². The zero-order valence-electron chi connectivity index (χ0n) is 15.2.